The Morgan fingerprint density at radius 1 is 1.00 bits per heavy atom. The maximum Gasteiger partial charge on any atom is 0.308 e. The average Bonchev–Trinajstić information content (AvgIpc) is 2.91. The molecule has 2 aliphatic carbocycles. The summed E-state index contributed by atoms with van der Waals surface area (Å²) in [5.41, 5.74) is 0. The van der Waals surface area contributed by atoms with Gasteiger partial charge in [0.05, 0.1) is 5.92 Å². The molecule has 0 heterocycles. The minimum Gasteiger partial charge on any atom is -0.462 e. The largest absolute Gasteiger partial charge is 0.462 e. The number of esters is 1. The SMILES string of the molecule is CC[C@H](C)C(=O)O[C@H]1C[C@H](O[Si](c2ccccc2)(c2ccccc2)C(C)(C)C)CC2C=C[C@H](C)[C@H](C=O)C21. The maximum absolute atomic E-state index is 13.0. The van der Waals surface area contributed by atoms with Gasteiger partial charge in [-0.25, -0.2) is 0 Å². The Balaban J connectivity index is 1.77. The van der Waals surface area contributed by atoms with Crippen LogP contribution in [-0.4, -0.2) is 32.8 Å². The van der Waals surface area contributed by atoms with Crippen molar-refractivity contribution in [2.45, 2.75) is 78.1 Å². The molecule has 0 N–H and O–H groups in total. The summed E-state index contributed by atoms with van der Waals surface area (Å²) >= 11 is 0. The van der Waals surface area contributed by atoms with E-state index in [9.17, 15) is 9.59 Å². The first-order valence-corrected chi connectivity index (χ1v) is 16.2. The second-order valence-electron chi connectivity index (χ2n) is 12.4. The van der Waals surface area contributed by atoms with Crippen LogP contribution < -0.4 is 10.4 Å². The van der Waals surface area contributed by atoms with Crippen LogP contribution in [0, 0.1) is 29.6 Å². The fraction of sp³-hybridized carbons (Fsp3) is 0.515. The summed E-state index contributed by atoms with van der Waals surface area (Å²) < 4.78 is 13.7. The highest BCUT2D eigenvalue weighted by Gasteiger charge is 2.54. The van der Waals surface area contributed by atoms with Crippen molar-refractivity contribution in [3.05, 3.63) is 72.8 Å². The molecule has 0 amide bonds. The van der Waals surface area contributed by atoms with E-state index < -0.39 is 8.32 Å². The predicted octanol–water partition coefficient (Wildman–Crippen LogP) is 5.94. The standard InChI is InChI=1S/C33H44O4Si/c1-7-23(2)32(35)36-30-21-26(20-25-19-18-24(3)29(22-34)31(25)30)37-38(33(4,5)6,27-14-10-8-11-15-27)28-16-12-9-13-17-28/h8-19,22-26,29-31H,7,20-21H2,1-6H3/t23-,24-,25?,26+,29-,30-,31?/m0/s1. The Labute approximate surface area is 230 Å². The van der Waals surface area contributed by atoms with Crippen molar-refractivity contribution in [1.29, 1.82) is 0 Å². The van der Waals surface area contributed by atoms with Crippen molar-refractivity contribution in [2.24, 2.45) is 29.6 Å². The van der Waals surface area contributed by atoms with E-state index in [1.54, 1.807) is 0 Å². The molecule has 204 valence electrons. The third kappa shape index (κ3) is 5.46. The Hall–Kier alpha value is -2.50. The minimum absolute atomic E-state index is 0.0143. The van der Waals surface area contributed by atoms with Crippen molar-refractivity contribution in [3.63, 3.8) is 0 Å². The van der Waals surface area contributed by atoms with Crippen LogP contribution in [0.1, 0.15) is 60.8 Å². The van der Waals surface area contributed by atoms with E-state index in [1.807, 2.05) is 13.8 Å². The van der Waals surface area contributed by atoms with Crippen LogP contribution in [-0.2, 0) is 18.8 Å². The summed E-state index contributed by atoms with van der Waals surface area (Å²) in [7, 11) is -2.76. The van der Waals surface area contributed by atoms with E-state index in [0.717, 1.165) is 19.1 Å². The summed E-state index contributed by atoms with van der Waals surface area (Å²) in [5.74, 6) is -0.249. The summed E-state index contributed by atoms with van der Waals surface area (Å²) in [4.78, 5) is 25.3. The lowest BCUT2D eigenvalue weighted by Crippen LogP contribution is -2.68. The Morgan fingerprint density at radius 2 is 1.58 bits per heavy atom. The van der Waals surface area contributed by atoms with Gasteiger partial charge in [0.1, 0.15) is 12.4 Å². The van der Waals surface area contributed by atoms with Crippen LogP contribution in [0.3, 0.4) is 0 Å². The van der Waals surface area contributed by atoms with Crippen molar-refractivity contribution in [1.82, 2.24) is 0 Å². The normalized spacial score (nSPS) is 28.3. The molecule has 5 heteroatoms. The van der Waals surface area contributed by atoms with Gasteiger partial charge >= 0.3 is 5.97 Å². The zero-order valence-corrected chi connectivity index (χ0v) is 24.8. The van der Waals surface area contributed by atoms with Gasteiger partial charge in [-0.05, 0) is 40.1 Å². The van der Waals surface area contributed by atoms with E-state index in [0.29, 0.717) is 6.42 Å². The zero-order chi connectivity index (χ0) is 27.5. The smallest absolute Gasteiger partial charge is 0.308 e. The van der Waals surface area contributed by atoms with Gasteiger partial charge < -0.3 is 14.0 Å². The van der Waals surface area contributed by atoms with Crippen LogP contribution in [0.2, 0.25) is 5.04 Å². The molecule has 1 saturated carbocycles. The molecule has 2 aromatic carbocycles. The molecule has 2 aliphatic rings. The van der Waals surface area contributed by atoms with Crippen molar-refractivity contribution >= 4 is 30.9 Å². The molecule has 0 aliphatic heterocycles. The number of ether oxygens (including phenoxy) is 1. The lowest BCUT2D eigenvalue weighted by atomic mass is 9.63. The molecule has 0 aromatic heterocycles. The van der Waals surface area contributed by atoms with Crippen molar-refractivity contribution < 1.29 is 18.8 Å². The highest BCUT2D eigenvalue weighted by Crippen LogP contribution is 2.47. The molecule has 0 saturated heterocycles. The number of rotatable bonds is 8. The van der Waals surface area contributed by atoms with Gasteiger partial charge in [0, 0.05) is 24.4 Å². The average molecular weight is 533 g/mol. The van der Waals surface area contributed by atoms with E-state index in [1.165, 1.54) is 10.4 Å². The number of allylic oxidation sites excluding steroid dienone is 2. The number of aldehydes is 1. The van der Waals surface area contributed by atoms with Gasteiger partial charge in [-0.1, -0.05) is 114 Å². The number of carbonyl (C=O) groups excluding carboxylic acids is 2. The van der Waals surface area contributed by atoms with Crippen molar-refractivity contribution in [3.8, 4) is 0 Å². The lowest BCUT2D eigenvalue weighted by molar-refractivity contribution is -0.166. The summed E-state index contributed by atoms with van der Waals surface area (Å²) in [5, 5.41) is 2.35. The second kappa shape index (κ2) is 11.7. The third-order valence-electron chi connectivity index (χ3n) is 8.87. The predicted molar refractivity (Wildman–Crippen MR) is 156 cm³/mol. The molecular formula is C33H44O4Si. The number of hydrogen-bond acceptors (Lipinski definition) is 4. The summed E-state index contributed by atoms with van der Waals surface area (Å²) in [6.45, 7) is 12.9. The molecule has 2 aromatic rings. The molecule has 1 fully saturated rings. The Morgan fingerprint density at radius 3 is 2.08 bits per heavy atom. The number of benzene rings is 2. The molecule has 4 rings (SSSR count). The van der Waals surface area contributed by atoms with Gasteiger partial charge in [-0.3, -0.25) is 4.79 Å². The second-order valence-corrected chi connectivity index (χ2v) is 16.6. The van der Waals surface area contributed by atoms with E-state index in [4.69, 9.17) is 9.16 Å². The number of fused-ring (bicyclic) bond motifs is 1. The first-order chi connectivity index (χ1) is 18.1. The zero-order valence-electron chi connectivity index (χ0n) is 23.8. The molecule has 38 heavy (non-hydrogen) atoms. The molecule has 4 nitrogen and oxygen atoms in total. The van der Waals surface area contributed by atoms with Crippen LogP contribution in [0.4, 0.5) is 0 Å². The first kappa shape index (κ1) is 28.5. The van der Waals surface area contributed by atoms with Gasteiger partial charge in [-0.2, -0.15) is 0 Å². The van der Waals surface area contributed by atoms with Gasteiger partial charge in [0.2, 0.25) is 0 Å². The monoisotopic (exact) mass is 532 g/mol. The van der Waals surface area contributed by atoms with Crippen LogP contribution in [0.15, 0.2) is 72.8 Å². The van der Waals surface area contributed by atoms with E-state index >= 15 is 0 Å². The highest BCUT2D eigenvalue weighted by atomic mass is 28.4. The summed E-state index contributed by atoms with van der Waals surface area (Å²) in [6, 6.07) is 21.3. The Kier molecular flexibility index (Phi) is 8.78. The molecule has 0 bridgehead atoms. The molecule has 2 unspecified atom stereocenters. The lowest BCUT2D eigenvalue weighted by Gasteiger charge is -2.50. The molecule has 7 atom stereocenters. The van der Waals surface area contributed by atoms with Crippen LogP contribution in [0.25, 0.3) is 0 Å². The van der Waals surface area contributed by atoms with Gasteiger partial charge in [0.25, 0.3) is 8.32 Å². The van der Waals surface area contributed by atoms with E-state index in [2.05, 4.69) is 101 Å². The van der Waals surface area contributed by atoms with Crippen molar-refractivity contribution in [2.75, 3.05) is 0 Å². The third-order valence-corrected chi connectivity index (χ3v) is 14.0. The van der Waals surface area contributed by atoms with Crippen LogP contribution in [0.5, 0.6) is 0 Å². The maximum atomic E-state index is 13.0. The van der Waals surface area contributed by atoms with Gasteiger partial charge in [0.15, 0.2) is 0 Å². The molecule has 0 radical (unpaired) electrons. The first-order valence-electron chi connectivity index (χ1n) is 14.2. The van der Waals surface area contributed by atoms with Gasteiger partial charge in [-0.15, -0.1) is 0 Å². The number of carbonyl (C=O) groups is 2. The van der Waals surface area contributed by atoms with Crippen LogP contribution >= 0.6 is 0 Å². The summed E-state index contributed by atoms with van der Waals surface area (Å²) in [6.07, 6.45) is 7.22. The highest BCUT2D eigenvalue weighted by molar-refractivity contribution is 6.99. The minimum atomic E-state index is -2.76. The molecular weight excluding hydrogens is 488 g/mol. The van der Waals surface area contributed by atoms with E-state index in [-0.39, 0.29) is 52.8 Å². The molecule has 0 spiro atoms. The fourth-order valence-electron chi connectivity index (χ4n) is 6.60. The Bertz CT molecular complexity index is 1070. The fourth-order valence-corrected chi connectivity index (χ4v) is 11.3. The quantitative estimate of drug-likeness (QED) is 0.183. The number of hydrogen-bond donors (Lipinski definition) is 0. The topological polar surface area (TPSA) is 52.6 Å².